The molecule has 0 spiro atoms. The van der Waals surface area contributed by atoms with Crippen LogP contribution >= 0.6 is 11.6 Å². The Hall–Kier alpha value is -3.88. The van der Waals surface area contributed by atoms with E-state index in [1.165, 1.54) is 0 Å². The summed E-state index contributed by atoms with van der Waals surface area (Å²) >= 11 is 6.04. The number of nitrogens with one attached hydrogen (secondary N) is 1. The molecule has 0 radical (unpaired) electrons. The molecule has 218 valence electrons. The van der Waals surface area contributed by atoms with Crippen molar-refractivity contribution in [1.29, 1.82) is 0 Å². The molecule has 1 amide bonds. The van der Waals surface area contributed by atoms with Crippen LogP contribution < -0.4 is 10.1 Å². The zero-order valence-electron chi connectivity index (χ0n) is 23.9. The van der Waals surface area contributed by atoms with Crippen LogP contribution in [0, 0.1) is 12.8 Å². The molecule has 2 aliphatic heterocycles. The fourth-order valence-electron chi connectivity index (χ4n) is 6.35. The van der Waals surface area contributed by atoms with Crippen molar-refractivity contribution >= 4 is 40.3 Å². The highest BCUT2D eigenvalue weighted by atomic mass is 35.5. The molecule has 0 bridgehead atoms. The summed E-state index contributed by atoms with van der Waals surface area (Å²) < 4.78 is 18.7. The van der Waals surface area contributed by atoms with E-state index in [1.807, 2.05) is 32.1 Å². The van der Waals surface area contributed by atoms with Gasteiger partial charge in [-0.15, -0.1) is 0 Å². The number of ether oxygens (including phenoxy) is 3. The topological polar surface area (TPSA) is 99.2 Å². The van der Waals surface area contributed by atoms with Crippen LogP contribution in [0.3, 0.4) is 0 Å². The Balaban J connectivity index is 1.27. The fourth-order valence-corrected chi connectivity index (χ4v) is 6.48. The number of aromatic nitrogens is 1. The van der Waals surface area contributed by atoms with Gasteiger partial charge in [0.25, 0.3) is 5.91 Å². The van der Waals surface area contributed by atoms with E-state index in [9.17, 15) is 14.4 Å². The zero-order valence-corrected chi connectivity index (χ0v) is 24.6. The van der Waals surface area contributed by atoms with E-state index >= 15 is 0 Å². The number of epoxide rings is 1. The Morgan fingerprint density at radius 2 is 1.98 bits per heavy atom. The number of amides is 1. The largest absolute Gasteiger partial charge is 0.497 e. The van der Waals surface area contributed by atoms with Crippen molar-refractivity contribution < 1.29 is 28.6 Å². The van der Waals surface area contributed by atoms with Gasteiger partial charge in [0.15, 0.2) is 0 Å². The Bertz CT molecular complexity index is 1650. The third kappa shape index (κ3) is 5.03. The van der Waals surface area contributed by atoms with Gasteiger partial charge < -0.3 is 19.5 Å². The summed E-state index contributed by atoms with van der Waals surface area (Å²) in [7, 11) is 1.58. The molecule has 0 unspecified atom stereocenters. The highest BCUT2D eigenvalue weighted by Gasteiger charge is 2.61. The summed E-state index contributed by atoms with van der Waals surface area (Å²) in [5, 5.41) is 4.43. The third-order valence-corrected chi connectivity index (χ3v) is 9.07. The predicted octanol–water partition coefficient (Wildman–Crippen LogP) is 5.67. The van der Waals surface area contributed by atoms with E-state index in [0.717, 1.165) is 29.5 Å². The molecule has 4 atom stereocenters. The van der Waals surface area contributed by atoms with Crippen molar-refractivity contribution in [3.63, 3.8) is 0 Å². The molecule has 2 aromatic carbocycles. The summed E-state index contributed by atoms with van der Waals surface area (Å²) in [6.07, 6.45) is 4.31. The highest BCUT2D eigenvalue weighted by Crippen LogP contribution is 2.49. The van der Waals surface area contributed by atoms with Gasteiger partial charge in [0, 0.05) is 38.9 Å². The number of carbonyl (C=O) groups excluding carboxylic acids is 3. The highest BCUT2D eigenvalue weighted by molar-refractivity contribution is 6.30. The van der Waals surface area contributed by atoms with Crippen LogP contribution in [-0.2, 0) is 25.5 Å². The van der Waals surface area contributed by atoms with Crippen molar-refractivity contribution in [2.24, 2.45) is 5.92 Å². The number of carbonyl (C=O) groups is 3. The predicted molar refractivity (Wildman–Crippen MR) is 159 cm³/mol. The van der Waals surface area contributed by atoms with Gasteiger partial charge in [0.1, 0.15) is 18.0 Å². The number of hydrogen-bond donors (Lipinski definition) is 1. The molecule has 6 rings (SSSR count). The molecule has 1 aromatic heterocycles. The lowest BCUT2D eigenvalue weighted by Crippen LogP contribution is -2.30. The Kier molecular flexibility index (Phi) is 7.23. The standard InChI is InChI=1S/C33H33ClN2O6/c1-18-24-13-11-22(6-5-15-33(3)30(42-33)29(24)41-32(18)39)35-28(37)17-25-19(2)36(27-14-12-23(40-4)16-26(25)27)31(38)20-7-9-21(34)10-8-20/h6-10,12,14,16,24,29-30H,1,5,11,13,15,17H2,2-4H3,(H,35,37)/b22-6+/t24-,29-,30-,33+/m0/s1. The number of methoxy groups -OCH3 is 1. The van der Waals surface area contributed by atoms with Gasteiger partial charge in [-0.3, -0.25) is 14.2 Å². The van der Waals surface area contributed by atoms with Crippen LogP contribution in [0.15, 0.2) is 66.4 Å². The minimum absolute atomic E-state index is 0.0665. The normalized spacial score (nSPS) is 26.5. The molecule has 42 heavy (non-hydrogen) atoms. The number of nitrogens with zero attached hydrogens (tertiary/aromatic N) is 1. The van der Waals surface area contributed by atoms with Gasteiger partial charge in [0.05, 0.1) is 24.6 Å². The van der Waals surface area contributed by atoms with Crippen LogP contribution in [-0.4, -0.2) is 47.3 Å². The second-order valence-electron chi connectivity index (χ2n) is 11.5. The lowest BCUT2D eigenvalue weighted by molar-refractivity contribution is -0.140. The Morgan fingerprint density at radius 1 is 1.21 bits per heavy atom. The summed E-state index contributed by atoms with van der Waals surface area (Å²) in [6.45, 7) is 7.86. The van der Waals surface area contributed by atoms with Crippen molar-refractivity contribution in [3.05, 3.63) is 88.2 Å². The first-order valence-corrected chi connectivity index (χ1v) is 14.5. The van der Waals surface area contributed by atoms with E-state index in [4.69, 9.17) is 25.8 Å². The Labute approximate surface area is 249 Å². The van der Waals surface area contributed by atoms with Crippen LogP contribution in [0.25, 0.3) is 10.9 Å². The second-order valence-corrected chi connectivity index (χ2v) is 11.9. The lowest BCUT2D eigenvalue weighted by Gasteiger charge is -2.20. The van der Waals surface area contributed by atoms with Gasteiger partial charge in [-0.1, -0.05) is 24.3 Å². The SMILES string of the molecule is C=C1C(=O)O[C@H]2[C@H]1CC/C(NC(=O)Cc1c(C)n(C(=O)c3ccc(Cl)cc3)c3ccc(OC)cc13)=C\CC[C@@]1(C)O[C@@H]21. The Morgan fingerprint density at radius 3 is 2.71 bits per heavy atom. The third-order valence-electron chi connectivity index (χ3n) is 8.82. The first-order valence-electron chi connectivity index (χ1n) is 14.1. The molecule has 0 saturated carbocycles. The lowest BCUT2D eigenvalue weighted by atomic mass is 9.84. The average molecular weight is 589 g/mol. The van der Waals surface area contributed by atoms with Gasteiger partial charge in [-0.05, 0) is 87.6 Å². The van der Waals surface area contributed by atoms with Crippen LogP contribution in [0.2, 0.25) is 5.02 Å². The van der Waals surface area contributed by atoms with E-state index in [1.54, 1.807) is 42.0 Å². The average Bonchev–Trinajstić information content (AvgIpc) is 3.46. The molecule has 3 heterocycles. The van der Waals surface area contributed by atoms with Gasteiger partial charge >= 0.3 is 5.97 Å². The molecule has 8 nitrogen and oxygen atoms in total. The zero-order chi connectivity index (χ0) is 29.8. The van der Waals surface area contributed by atoms with Crippen molar-refractivity contribution in [1.82, 2.24) is 9.88 Å². The van der Waals surface area contributed by atoms with Crippen molar-refractivity contribution in [2.45, 2.75) is 63.8 Å². The fraction of sp³-hybridized carbons (Fsp3) is 0.364. The van der Waals surface area contributed by atoms with Crippen LogP contribution in [0.1, 0.15) is 54.2 Å². The number of allylic oxidation sites excluding steroid dienone is 2. The quantitative estimate of drug-likeness (QED) is 0.234. The first kappa shape index (κ1) is 28.2. The van der Waals surface area contributed by atoms with E-state index in [0.29, 0.717) is 46.0 Å². The maximum absolute atomic E-state index is 13.6. The molecule has 1 aliphatic carbocycles. The monoisotopic (exact) mass is 588 g/mol. The summed E-state index contributed by atoms with van der Waals surface area (Å²) in [5.41, 5.74) is 3.51. The molecule has 3 aromatic rings. The van der Waals surface area contributed by atoms with Gasteiger partial charge in [0.2, 0.25) is 5.91 Å². The maximum Gasteiger partial charge on any atom is 0.334 e. The van der Waals surface area contributed by atoms with Gasteiger partial charge in [-0.25, -0.2) is 4.79 Å². The van der Waals surface area contributed by atoms with E-state index in [2.05, 4.69) is 11.9 Å². The smallest absolute Gasteiger partial charge is 0.334 e. The molecular weight excluding hydrogens is 556 g/mol. The van der Waals surface area contributed by atoms with Crippen LogP contribution in [0.5, 0.6) is 5.75 Å². The summed E-state index contributed by atoms with van der Waals surface area (Å²) in [6, 6.07) is 12.2. The number of hydrogen-bond acceptors (Lipinski definition) is 6. The number of rotatable bonds is 5. The minimum atomic E-state index is -0.368. The van der Waals surface area contributed by atoms with Crippen molar-refractivity contribution in [3.8, 4) is 5.75 Å². The number of esters is 1. The molecule has 2 fully saturated rings. The molecule has 2 saturated heterocycles. The van der Waals surface area contributed by atoms with Crippen molar-refractivity contribution in [2.75, 3.05) is 7.11 Å². The van der Waals surface area contributed by atoms with E-state index in [-0.39, 0.29) is 47.9 Å². The van der Waals surface area contributed by atoms with Gasteiger partial charge in [-0.2, -0.15) is 0 Å². The number of halogens is 1. The first-order chi connectivity index (χ1) is 20.1. The summed E-state index contributed by atoms with van der Waals surface area (Å²) in [5.74, 6) is -0.296. The number of fused-ring (bicyclic) bond motifs is 4. The maximum atomic E-state index is 13.6. The molecule has 1 N–H and O–H groups in total. The second kappa shape index (κ2) is 10.7. The molecule has 9 heteroatoms. The van der Waals surface area contributed by atoms with E-state index < -0.39 is 0 Å². The molecule has 3 aliphatic rings. The number of benzene rings is 2. The minimum Gasteiger partial charge on any atom is -0.497 e. The molecular formula is C33H33ClN2O6. The summed E-state index contributed by atoms with van der Waals surface area (Å²) in [4.78, 5) is 39.5. The van der Waals surface area contributed by atoms with Crippen LogP contribution in [0.4, 0.5) is 0 Å².